The fraction of sp³-hybridized carbons (Fsp3) is 0.556. The van der Waals surface area contributed by atoms with Crippen LogP contribution in [0.3, 0.4) is 0 Å². The molecule has 1 atom stereocenters. The van der Waals surface area contributed by atoms with Crippen LogP contribution in [-0.4, -0.2) is 14.5 Å². The number of thiophene rings is 1. The number of hydrogen-bond acceptors (Lipinski definition) is 3. The molecule has 0 aliphatic rings. The van der Waals surface area contributed by atoms with Crippen LogP contribution in [0.25, 0.3) is 0 Å². The topological polar surface area (TPSA) is 46.2 Å². The minimum absolute atomic E-state index is 0.0872. The molecule has 1 aromatic heterocycles. The van der Waals surface area contributed by atoms with Crippen LogP contribution in [0.5, 0.6) is 0 Å². The third-order valence-corrected chi connectivity index (χ3v) is 5.44. The quantitative estimate of drug-likeness (QED) is 0.912. The summed E-state index contributed by atoms with van der Waals surface area (Å²) in [6, 6.07) is 3.01. The zero-order valence-corrected chi connectivity index (χ0v) is 11.2. The molecule has 1 aromatic rings. The highest BCUT2D eigenvalue weighted by Gasteiger charge is 2.20. The number of hydrogen-bond donors (Lipinski definition) is 1. The lowest BCUT2D eigenvalue weighted by Crippen LogP contribution is -2.35. The summed E-state index contributed by atoms with van der Waals surface area (Å²) in [5.74, 6) is 0.259. The van der Waals surface area contributed by atoms with Gasteiger partial charge in [0, 0.05) is 6.04 Å². The molecule has 0 aliphatic heterocycles. The first-order valence-electron chi connectivity index (χ1n) is 4.60. The van der Waals surface area contributed by atoms with Gasteiger partial charge in [-0.3, -0.25) is 0 Å². The van der Waals surface area contributed by atoms with E-state index in [0.29, 0.717) is 4.34 Å². The van der Waals surface area contributed by atoms with E-state index >= 15 is 0 Å². The van der Waals surface area contributed by atoms with Crippen molar-refractivity contribution >= 4 is 33.0 Å². The van der Waals surface area contributed by atoms with Crippen molar-refractivity contribution in [2.75, 3.05) is 0 Å². The Hall–Kier alpha value is -0.100. The van der Waals surface area contributed by atoms with Crippen molar-refractivity contribution in [1.82, 2.24) is 4.72 Å². The molecule has 1 N–H and O–H groups in total. The van der Waals surface area contributed by atoms with Gasteiger partial charge in [0.2, 0.25) is 10.0 Å². The Kier molecular flexibility index (Phi) is 4.17. The highest BCUT2D eigenvalue weighted by atomic mass is 35.5. The van der Waals surface area contributed by atoms with Gasteiger partial charge in [0.05, 0.1) is 4.34 Å². The highest BCUT2D eigenvalue weighted by Crippen LogP contribution is 2.25. The predicted molar refractivity (Wildman–Crippen MR) is 64.0 cm³/mol. The molecule has 0 amide bonds. The molecule has 0 fully saturated rings. The molecule has 15 heavy (non-hydrogen) atoms. The average Bonchev–Trinajstić information content (AvgIpc) is 2.51. The van der Waals surface area contributed by atoms with Crippen molar-refractivity contribution in [3.05, 3.63) is 16.5 Å². The Labute approximate surface area is 99.5 Å². The summed E-state index contributed by atoms with van der Waals surface area (Å²) in [4.78, 5) is 0. The van der Waals surface area contributed by atoms with Crippen molar-refractivity contribution in [3.8, 4) is 0 Å². The zero-order chi connectivity index (χ0) is 11.6. The first-order valence-corrected chi connectivity index (χ1v) is 7.28. The van der Waals surface area contributed by atoms with Crippen LogP contribution < -0.4 is 4.72 Å². The standard InChI is InChI=1S/C9H14ClNO2S2/c1-6(2)7(3)11-15(12,13)9-5-4-8(10)14-9/h4-7,11H,1-3H3. The van der Waals surface area contributed by atoms with Gasteiger partial charge < -0.3 is 0 Å². The van der Waals surface area contributed by atoms with Gasteiger partial charge in [-0.05, 0) is 25.0 Å². The van der Waals surface area contributed by atoms with Crippen LogP contribution in [-0.2, 0) is 10.0 Å². The Morgan fingerprint density at radius 3 is 2.33 bits per heavy atom. The molecule has 3 nitrogen and oxygen atoms in total. The molecule has 0 radical (unpaired) electrons. The van der Waals surface area contributed by atoms with Gasteiger partial charge in [-0.25, -0.2) is 13.1 Å². The van der Waals surface area contributed by atoms with E-state index < -0.39 is 10.0 Å². The van der Waals surface area contributed by atoms with E-state index in [-0.39, 0.29) is 16.2 Å². The first-order chi connectivity index (χ1) is 6.83. The summed E-state index contributed by atoms with van der Waals surface area (Å²) in [5, 5.41) is 0. The van der Waals surface area contributed by atoms with E-state index in [2.05, 4.69) is 4.72 Å². The van der Waals surface area contributed by atoms with E-state index in [1.807, 2.05) is 20.8 Å². The van der Waals surface area contributed by atoms with E-state index in [9.17, 15) is 8.42 Å². The van der Waals surface area contributed by atoms with Gasteiger partial charge in [0.15, 0.2) is 0 Å². The maximum absolute atomic E-state index is 11.8. The van der Waals surface area contributed by atoms with E-state index in [4.69, 9.17) is 11.6 Å². The molecule has 0 aromatic carbocycles. The summed E-state index contributed by atoms with van der Waals surface area (Å²) in [7, 11) is -3.40. The van der Waals surface area contributed by atoms with Crippen molar-refractivity contribution in [2.45, 2.75) is 31.0 Å². The molecule has 1 unspecified atom stereocenters. The number of rotatable bonds is 4. The molecule has 1 heterocycles. The third kappa shape index (κ3) is 3.45. The van der Waals surface area contributed by atoms with Crippen LogP contribution in [0.2, 0.25) is 4.34 Å². The van der Waals surface area contributed by atoms with E-state index in [1.165, 1.54) is 6.07 Å². The van der Waals surface area contributed by atoms with E-state index in [1.54, 1.807) is 6.07 Å². The minimum Gasteiger partial charge on any atom is -0.207 e. The van der Waals surface area contributed by atoms with E-state index in [0.717, 1.165) is 11.3 Å². The molecule has 0 bridgehead atoms. The lowest BCUT2D eigenvalue weighted by Gasteiger charge is -2.16. The molecular formula is C9H14ClNO2S2. The van der Waals surface area contributed by atoms with Crippen LogP contribution in [0.15, 0.2) is 16.3 Å². The van der Waals surface area contributed by atoms with Crippen LogP contribution in [0.1, 0.15) is 20.8 Å². The molecule has 0 saturated carbocycles. The normalized spacial score (nSPS) is 14.5. The van der Waals surface area contributed by atoms with Gasteiger partial charge in [0.25, 0.3) is 0 Å². The SMILES string of the molecule is CC(C)C(C)NS(=O)(=O)c1ccc(Cl)s1. The maximum Gasteiger partial charge on any atom is 0.250 e. The lowest BCUT2D eigenvalue weighted by molar-refractivity contribution is 0.477. The second kappa shape index (κ2) is 4.82. The molecule has 0 aliphatic carbocycles. The Bertz CT molecular complexity index is 425. The summed E-state index contributed by atoms with van der Waals surface area (Å²) in [6.45, 7) is 5.78. The summed E-state index contributed by atoms with van der Waals surface area (Å²) in [5.41, 5.74) is 0. The van der Waals surface area contributed by atoms with Gasteiger partial charge in [-0.1, -0.05) is 25.4 Å². The van der Waals surface area contributed by atoms with Crippen LogP contribution in [0, 0.1) is 5.92 Å². The average molecular weight is 268 g/mol. The minimum atomic E-state index is -3.40. The van der Waals surface area contributed by atoms with Crippen molar-refractivity contribution in [1.29, 1.82) is 0 Å². The molecule has 0 saturated heterocycles. The van der Waals surface area contributed by atoms with Crippen LogP contribution >= 0.6 is 22.9 Å². The second-order valence-electron chi connectivity index (χ2n) is 3.71. The van der Waals surface area contributed by atoms with Gasteiger partial charge in [-0.15, -0.1) is 11.3 Å². The van der Waals surface area contributed by atoms with Crippen molar-refractivity contribution in [3.63, 3.8) is 0 Å². The number of nitrogens with one attached hydrogen (secondary N) is 1. The summed E-state index contributed by atoms with van der Waals surface area (Å²) in [6.07, 6.45) is 0. The summed E-state index contributed by atoms with van der Waals surface area (Å²) >= 11 is 6.76. The van der Waals surface area contributed by atoms with Crippen molar-refractivity contribution < 1.29 is 8.42 Å². The zero-order valence-electron chi connectivity index (χ0n) is 8.82. The molecule has 0 spiro atoms. The Morgan fingerprint density at radius 2 is 1.93 bits per heavy atom. The molecule has 6 heteroatoms. The molecule has 86 valence electrons. The fourth-order valence-corrected chi connectivity index (χ4v) is 3.77. The van der Waals surface area contributed by atoms with Gasteiger partial charge in [-0.2, -0.15) is 0 Å². The van der Waals surface area contributed by atoms with Crippen molar-refractivity contribution in [2.24, 2.45) is 5.92 Å². The Morgan fingerprint density at radius 1 is 1.33 bits per heavy atom. The maximum atomic E-state index is 11.8. The highest BCUT2D eigenvalue weighted by molar-refractivity contribution is 7.91. The fourth-order valence-electron chi connectivity index (χ4n) is 0.881. The predicted octanol–water partition coefficient (Wildman–Crippen LogP) is 2.72. The van der Waals surface area contributed by atoms with Gasteiger partial charge in [0.1, 0.15) is 4.21 Å². The number of halogens is 1. The monoisotopic (exact) mass is 267 g/mol. The van der Waals surface area contributed by atoms with Crippen LogP contribution in [0.4, 0.5) is 0 Å². The lowest BCUT2D eigenvalue weighted by atomic mass is 10.1. The number of sulfonamides is 1. The second-order valence-corrected chi connectivity index (χ2v) is 7.37. The first kappa shape index (κ1) is 13.0. The summed E-state index contributed by atoms with van der Waals surface area (Å²) < 4.78 is 27.0. The Balaban J connectivity index is 2.85. The smallest absolute Gasteiger partial charge is 0.207 e. The third-order valence-electron chi connectivity index (χ3n) is 2.15. The van der Waals surface area contributed by atoms with Gasteiger partial charge >= 0.3 is 0 Å². The largest absolute Gasteiger partial charge is 0.250 e. The molecular weight excluding hydrogens is 254 g/mol. The molecule has 1 rings (SSSR count).